The molecule has 0 aliphatic rings. The zero-order chi connectivity index (χ0) is 21.6. The van der Waals surface area contributed by atoms with Crippen LogP contribution in [0.3, 0.4) is 0 Å². The van der Waals surface area contributed by atoms with Gasteiger partial charge in [-0.05, 0) is 41.8 Å². The fraction of sp³-hybridized carbons (Fsp3) is 0.174. The average Bonchev–Trinajstić information content (AvgIpc) is 2.74. The standard InChI is InChI=1S/C23H25N3O3S/c1-26(2)30(28,29)21-13-8-12-20(16-21)25-23(27)17-24-22-14-7-6-11-19(22)15-18-9-4-3-5-10-18/h3-14,16,24H,15,17H2,1-2H3,(H,25,27). The molecule has 3 aromatic carbocycles. The molecule has 1 amide bonds. The summed E-state index contributed by atoms with van der Waals surface area (Å²) >= 11 is 0. The molecule has 0 spiro atoms. The van der Waals surface area contributed by atoms with Crippen LogP contribution in [0.15, 0.2) is 83.8 Å². The summed E-state index contributed by atoms with van der Waals surface area (Å²) in [6.07, 6.45) is 0.760. The molecule has 0 aliphatic carbocycles. The average molecular weight is 424 g/mol. The van der Waals surface area contributed by atoms with Crippen molar-refractivity contribution < 1.29 is 13.2 Å². The zero-order valence-electron chi connectivity index (χ0n) is 17.0. The molecular formula is C23H25N3O3S. The molecule has 156 valence electrons. The maximum absolute atomic E-state index is 12.4. The number of carbonyl (C=O) groups is 1. The maximum Gasteiger partial charge on any atom is 0.243 e. The lowest BCUT2D eigenvalue weighted by molar-refractivity contribution is -0.114. The predicted molar refractivity (Wildman–Crippen MR) is 120 cm³/mol. The molecule has 0 saturated heterocycles. The van der Waals surface area contributed by atoms with Crippen molar-refractivity contribution in [1.29, 1.82) is 0 Å². The van der Waals surface area contributed by atoms with Gasteiger partial charge >= 0.3 is 0 Å². The van der Waals surface area contributed by atoms with Crippen molar-refractivity contribution >= 4 is 27.3 Å². The number of benzene rings is 3. The first-order chi connectivity index (χ1) is 14.4. The van der Waals surface area contributed by atoms with E-state index in [1.165, 1.54) is 31.8 Å². The largest absolute Gasteiger partial charge is 0.376 e. The molecule has 2 N–H and O–H groups in total. The fourth-order valence-electron chi connectivity index (χ4n) is 2.99. The van der Waals surface area contributed by atoms with Gasteiger partial charge in [-0.3, -0.25) is 4.79 Å². The molecule has 0 bridgehead atoms. The van der Waals surface area contributed by atoms with E-state index in [0.717, 1.165) is 22.0 Å². The minimum absolute atomic E-state index is 0.0659. The van der Waals surface area contributed by atoms with Crippen molar-refractivity contribution in [3.63, 3.8) is 0 Å². The highest BCUT2D eigenvalue weighted by atomic mass is 32.2. The number of rotatable bonds is 8. The van der Waals surface area contributed by atoms with E-state index in [4.69, 9.17) is 0 Å². The topological polar surface area (TPSA) is 78.5 Å². The smallest absolute Gasteiger partial charge is 0.243 e. The number of hydrogen-bond acceptors (Lipinski definition) is 4. The van der Waals surface area contributed by atoms with Gasteiger partial charge in [0.15, 0.2) is 0 Å². The van der Waals surface area contributed by atoms with Crippen LogP contribution >= 0.6 is 0 Å². The molecule has 0 heterocycles. The number of anilines is 2. The summed E-state index contributed by atoms with van der Waals surface area (Å²) in [6, 6.07) is 24.2. The Morgan fingerprint density at radius 2 is 1.60 bits per heavy atom. The first kappa shape index (κ1) is 21.5. The van der Waals surface area contributed by atoms with E-state index in [2.05, 4.69) is 22.8 Å². The molecular weight excluding hydrogens is 398 g/mol. The quantitative estimate of drug-likeness (QED) is 0.581. The van der Waals surface area contributed by atoms with Crippen molar-refractivity contribution in [2.24, 2.45) is 0 Å². The highest BCUT2D eigenvalue weighted by molar-refractivity contribution is 7.89. The number of sulfonamides is 1. The fourth-order valence-corrected chi connectivity index (χ4v) is 3.94. The SMILES string of the molecule is CN(C)S(=O)(=O)c1cccc(NC(=O)CNc2ccccc2Cc2ccccc2)c1. The number of amides is 1. The molecule has 0 aliphatic heterocycles. The van der Waals surface area contributed by atoms with Crippen LogP contribution in [0.4, 0.5) is 11.4 Å². The van der Waals surface area contributed by atoms with Gasteiger partial charge in [0.1, 0.15) is 0 Å². The van der Waals surface area contributed by atoms with Gasteiger partial charge in [-0.1, -0.05) is 54.6 Å². The molecule has 0 saturated carbocycles. The van der Waals surface area contributed by atoms with Crippen LogP contribution in [-0.4, -0.2) is 39.3 Å². The van der Waals surface area contributed by atoms with Crippen molar-refractivity contribution in [3.05, 3.63) is 90.0 Å². The van der Waals surface area contributed by atoms with Crippen LogP contribution < -0.4 is 10.6 Å². The molecule has 30 heavy (non-hydrogen) atoms. The van der Waals surface area contributed by atoms with Gasteiger partial charge in [0.05, 0.1) is 11.4 Å². The Balaban J connectivity index is 1.65. The third-order valence-corrected chi connectivity index (χ3v) is 6.40. The van der Waals surface area contributed by atoms with Gasteiger partial charge in [-0.25, -0.2) is 12.7 Å². The van der Waals surface area contributed by atoms with Gasteiger partial charge in [-0.2, -0.15) is 0 Å². The highest BCUT2D eigenvalue weighted by Crippen LogP contribution is 2.20. The Bertz CT molecular complexity index is 1110. The van der Waals surface area contributed by atoms with E-state index in [9.17, 15) is 13.2 Å². The normalized spacial score (nSPS) is 11.3. The van der Waals surface area contributed by atoms with Crippen molar-refractivity contribution in [3.8, 4) is 0 Å². The molecule has 0 fully saturated rings. The molecule has 0 unspecified atom stereocenters. The van der Waals surface area contributed by atoms with Crippen LogP contribution in [-0.2, 0) is 21.2 Å². The third kappa shape index (κ3) is 5.46. The van der Waals surface area contributed by atoms with Crippen molar-refractivity contribution in [2.45, 2.75) is 11.3 Å². The van der Waals surface area contributed by atoms with Crippen LogP contribution in [0.5, 0.6) is 0 Å². The minimum atomic E-state index is -3.56. The van der Waals surface area contributed by atoms with E-state index < -0.39 is 10.0 Å². The van der Waals surface area contributed by atoms with Crippen LogP contribution in [0, 0.1) is 0 Å². The van der Waals surface area contributed by atoms with Crippen LogP contribution in [0.1, 0.15) is 11.1 Å². The summed E-state index contributed by atoms with van der Waals surface area (Å²) in [7, 11) is -0.620. The third-order valence-electron chi connectivity index (χ3n) is 4.59. The number of nitrogens with one attached hydrogen (secondary N) is 2. The Labute approximate surface area is 177 Å². The number of nitrogens with zero attached hydrogens (tertiary/aromatic N) is 1. The van der Waals surface area contributed by atoms with Crippen molar-refractivity contribution in [2.75, 3.05) is 31.3 Å². The molecule has 0 aromatic heterocycles. The maximum atomic E-state index is 12.4. The first-order valence-corrected chi connectivity index (χ1v) is 11.0. The lowest BCUT2D eigenvalue weighted by Gasteiger charge is -2.14. The van der Waals surface area contributed by atoms with E-state index in [-0.39, 0.29) is 17.3 Å². The Hall–Kier alpha value is -3.16. The molecule has 6 nitrogen and oxygen atoms in total. The summed E-state index contributed by atoms with van der Waals surface area (Å²) in [6.45, 7) is 0.0659. The second-order valence-electron chi connectivity index (χ2n) is 7.04. The molecule has 3 rings (SSSR count). The summed E-state index contributed by atoms with van der Waals surface area (Å²) in [5.74, 6) is -0.260. The predicted octanol–water partition coefficient (Wildman–Crippen LogP) is 3.58. The van der Waals surface area contributed by atoms with Gasteiger partial charge < -0.3 is 10.6 Å². The zero-order valence-corrected chi connectivity index (χ0v) is 17.8. The summed E-state index contributed by atoms with van der Waals surface area (Å²) in [5.41, 5.74) is 3.61. The highest BCUT2D eigenvalue weighted by Gasteiger charge is 2.17. The van der Waals surface area contributed by atoms with Gasteiger partial charge in [0.2, 0.25) is 15.9 Å². The Morgan fingerprint density at radius 1 is 0.900 bits per heavy atom. The number of hydrogen-bond donors (Lipinski definition) is 2. The van der Waals surface area contributed by atoms with E-state index in [1.54, 1.807) is 12.1 Å². The van der Waals surface area contributed by atoms with E-state index in [1.807, 2.05) is 42.5 Å². The molecule has 3 aromatic rings. The molecule has 7 heteroatoms. The Morgan fingerprint density at radius 3 is 2.33 bits per heavy atom. The number of para-hydroxylation sites is 1. The van der Waals surface area contributed by atoms with Gasteiger partial charge in [0, 0.05) is 25.5 Å². The van der Waals surface area contributed by atoms with E-state index >= 15 is 0 Å². The molecule has 0 atom stereocenters. The van der Waals surface area contributed by atoms with Crippen LogP contribution in [0.2, 0.25) is 0 Å². The first-order valence-electron chi connectivity index (χ1n) is 9.54. The monoisotopic (exact) mass is 423 g/mol. The lowest BCUT2D eigenvalue weighted by atomic mass is 10.0. The number of carbonyl (C=O) groups excluding carboxylic acids is 1. The Kier molecular flexibility index (Phi) is 6.87. The minimum Gasteiger partial charge on any atom is -0.376 e. The van der Waals surface area contributed by atoms with Crippen molar-refractivity contribution in [1.82, 2.24) is 4.31 Å². The second-order valence-corrected chi connectivity index (χ2v) is 9.19. The van der Waals surface area contributed by atoms with Gasteiger partial charge in [0.25, 0.3) is 0 Å². The summed E-state index contributed by atoms with van der Waals surface area (Å²) in [4.78, 5) is 12.5. The van der Waals surface area contributed by atoms with E-state index in [0.29, 0.717) is 5.69 Å². The second kappa shape index (κ2) is 9.56. The van der Waals surface area contributed by atoms with Gasteiger partial charge in [-0.15, -0.1) is 0 Å². The summed E-state index contributed by atoms with van der Waals surface area (Å²) < 4.78 is 25.7. The summed E-state index contributed by atoms with van der Waals surface area (Å²) in [5, 5.41) is 5.93. The van der Waals surface area contributed by atoms with Crippen LogP contribution in [0.25, 0.3) is 0 Å². The lowest BCUT2D eigenvalue weighted by Crippen LogP contribution is -2.24. The molecule has 0 radical (unpaired) electrons.